The largest absolute Gasteiger partial charge is 0.462 e. The topological polar surface area (TPSA) is 105 Å². The number of carbonyl (C=O) groups excluding carboxylic acids is 4. The number of hydrogen-bond donors (Lipinski definition) is 0. The maximum absolute atomic E-state index is 13.1. The molecule has 0 radical (unpaired) electrons. The van der Waals surface area contributed by atoms with E-state index in [4.69, 9.17) is 18.9 Å². The monoisotopic (exact) mass is 913 g/mol. The van der Waals surface area contributed by atoms with Gasteiger partial charge in [-0.05, 0) is 49.3 Å². The molecule has 1 aromatic carbocycles. The fraction of sp³-hybridized carbons (Fsp3) is 0.825. The zero-order valence-corrected chi connectivity index (χ0v) is 42.9. The number of unbranched alkanes of at least 4 members (excludes halogenated alkanes) is 28. The molecule has 0 aliphatic carbocycles. The second kappa shape index (κ2) is 43.7. The molecule has 0 spiro atoms. The summed E-state index contributed by atoms with van der Waals surface area (Å²) in [5.41, 5.74) is 1.22. The SMILES string of the molecule is CCCCCCCCCCCCCCCC(=O)OCC(COC(=O)CCCCCCCCCCCCCCC)OC(=O)CC(C)CCCCCCCC(C)C(=O)Oc1ccc(CC)cc1. The van der Waals surface area contributed by atoms with Crippen LogP contribution in [0.5, 0.6) is 5.75 Å². The molecule has 0 aliphatic rings. The zero-order chi connectivity index (χ0) is 47.4. The summed E-state index contributed by atoms with van der Waals surface area (Å²) in [6, 6.07) is 7.71. The van der Waals surface area contributed by atoms with Crippen molar-refractivity contribution in [2.24, 2.45) is 11.8 Å². The highest BCUT2D eigenvalue weighted by Crippen LogP contribution is 2.20. The molecular weight excluding hydrogens is 813 g/mol. The molecular formula is C57H100O8. The fourth-order valence-corrected chi connectivity index (χ4v) is 8.43. The second-order valence-corrected chi connectivity index (χ2v) is 19.4. The van der Waals surface area contributed by atoms with Crippen LogP contribution < -0.4 is 4.74 Å². The summed E-state index contributed by atoms with van der Waals surface area (Å²) in [7, 11) is 0. The summed E-state index contributed by atoms with van der Waals surface area (Å²) >= 11 is 0. The van der Waals surface area contributed by atoms with Crippen LogP contribution in [-0.2, 0) is 39.8 Å². The van der Waals surface area contributed by atoms with Gasteiger partial charge < -0.3 is 18.9 Å². The standard InChI is InChI=1S/C57H100O8/c1-6-9-11-13-15-17-19-21-23-25-27-32-36-40-54(58)62-47-53(48-63-55(59)41-37-33-28-26-24-22-20-18-16-14-12-10-7-2)64-56(60)46-49(4)38-34-30-29-31-35-39-50(5)57(61)65-52-44-42-51(8-3)43-45-52/h42-45,49-50,53H,6-41,46-48H2,1-5H3. The third kappa shape index (κ3) is 37.8. The first kappa shape index (κ1) is 60.1. The minimum atomic E-state index is -0.817. The van der Waals surface area contributed by atoms with E-state index >= 15 is 0 Å². The molecule has 0 saturated heterocycles. The summed E-state index contributed by atoms with van der Waals surface area (Å²) in [5.74, 6) is -0.532. The lowest BCUT2D eigenvalue weighted by Crippen LogP contribution is -2.31. The molecule has 2 unspecified atom stereocenters. The molecule has 0 heterocycles. The third-order valence-corrected chi connectivity index (χ3v) is 12.9. The van der Waals surface area contributed by atoms with E-state index in [1.54, 1.807) is 0 Å². The van der Waals surface area contributed by atoms with Gasteiger partial charge in [-0.2, -0.15) is 0 Å². The van der Waals surface area contributed by atoms with Gasteiger partial charge in [0.1, 0.15) is 19.0 Å². The van der Waals surface area contributed by atoms with E-state index in [0.717, 1.165) is 89.9 Å². The molecule has 2 atom stereocenters. The van der Waals surface area contributed by atoms with Crippen LogP contribution in [0.1, 0.15) is 271 Å². The summed E-state index contributed by atoms with van der Waals surface area (Å²) in [6.07, 6.45) is 40.3. The highest BCUT2D eigenvalue weighted by molar-refractivity contribution is 5.74. The maximum Gasteiger partial charge on any atom is 0.314 e. The predicted octanol–water partition coefficient (Wildman–Crippen LogP) is 16.5. The van der Waals surface area contributed by atoms with E-state index in [1.807, 2.05) is 31.2 Å². The van der Waals surface area contributed by atoms with E-state index in [0.29, 0.717) is 18.6 Å². The van der Waals surface area contributed by atoms with E-state index in [9.17, 15) is 19.2 Å². The van der Waals surface area contributed by atoms with Gasteiger partial charge in [-0.1, -0.05) is 239 Å². The van der Waals surface area contributed by atoms with Gasteiger partial charge in [0.25, 0.3) is 0 Å². The summed E-state index contributed by atoms with van der Waals surface area (Å²) < 4.78 is 22.5. The Labute approximate surface area is 399 Å². The van der Waals surface area contributed by atoms with Crippen LogP contribution in [-0.4, -0.2) is 43.2 Å². The van der Waals surface area contributed by atoms with Gasteiger partial charge in [0.05, 0.1) is 5.92 Å². The summed E-state index contributed by atoms with van der Waals surface area (Å²) in [4.78, 5) is 50.9. The quantitative estimate of drug-likeness (QED) is 0.0276. The molecule has 0 fully saturated rings. The number of aryl methyl sites for hydroxylation is 1. The van der Waals surface area contributed by atoms with Gasteiger partial charge in [-0.25, -0.2) is 0 Å². The predicted molar refractivity (Wildman–Crippen MR) is 269 cm³/mol. The smallest absolute Gasteiger partial charge is 0.314 e. The minimum Gasteiger partial charge on any atom is -0.462 e. The van der Waals surface area contributed by atoms with Crippen molar-refractivity contribution in [3.05, 3.63) is 29.8 Å². The lowest BCUT2D eigenvalue weighted by Gasteiger charge is -2.19. The van der Waals surface area contributed by atoms with Gasteiger partial charge >= 0.3 is 23.9 Å². The van der Waals surface area contributed by atoms with Crippen molar-refractivity contribution in [3.8, 4) is 5.75 Å². The highest BCUT2D eigenvalue weighted by atomic mass is 16.6. The first-order valence-corrected chi connectivity index (χ1v) is 27.5. The second-order valence-electron chi connectivity index (χ2n) is 19.4. The third-order valence-electron chi connectivity index (χ3n) is 12.9. The number of rotatable bonds is 46. The van der Waals surface area contributed by atoms with E-state index < -0.39 is 6.10 Å². The Hall–Kier alpha value is -2.90. The van der Waals surface area contributed by atoms with Gasteiger partial charge in [0.2, 0.25) is 0 Å². The summed E-state index contributed by atoms with van der Waals surface area (Å²) in [5, 5.41) is 0. The first-order chi connectivity index (χ1) is 31.7. The van der Waals surface area contributed by atoms with Crippen LogP contribution in [0.2, 0.25) is 0 Å². The molecule has 8 heteroatoms. The molecule has 0 N–H and O–H groups in total. The van der Waals surface area contributed by atoms with E-state index in [2.05, 4.69) is 27.7 Å². The fourth-order valence-electron chi connectivity index (χ4n) is 8.43. The van der Waals surface area contributed by atoms with Crippen LogP contribution in [0.4, 0.5) is 0 Å². The molecule has 65 heavy (non-hydrogen) atoms. The molecule has 1 rings (SSSR count). The Morgan fingerprint density at radius 2 is 0.815 bits per heavy atom. The maximum atomic E-state index is 13.1. The zero-order valence-electron chi connectivity index (χ0n) is 42.9. The Morgan fingerprint density at radius 1 is 0.446 bits per heavy atom. The minimum absolute atomic E-state index is 0.105. The van der Waals surface area contributed by atoms with Crippen molar-refractivity contribution < 1.29 is 38.1 Å². The Kier molecular flexibility index (Phi) is 40.4. The molecule has 0 aliphatic heterocycles. The van der Waals surface area contributed by atoms with Crippen molar-refractivity contribution >= 4 is 23.9 Å². The van der Waals surface area contributed by atoms with Crippen LogP contribution in [0.15, 0.2) is 24.3 Å². The number of carbonyl (C=O) groups is 4. The van der Waals surface area contributed by atoms with Crippen molar-refractivity contribution in [2.45, 2.75) is 278 Å². The van der Waals surface area contributed by atoms with Crippen molar-refractivity contribution in [1.29, 1.82) is 0 Å². The Morgan fingerprint density at radius 3 is 1.22 bits per heavy atom. The lowest BCUT2D eigenvalue weighted by atomic mass is 9.98. The van der Waals surface area contributed by atoms with E-state index in [-0.39, 0.29) is 55.3 Å². The highest BCUT2D eigenvalue weighted by Gasteiger charge is 2.21. The van der Waals surface area contributed by atoms with Crippen molar-refractivity contribution in [3.63, 3.8) is 0 Å². The lowest BCUT2D eigenvalue weighted by molar-refractivity contribution is -0.167. The number of benzene rings is 1. The molecule has 0 aromatic heterocycles. The summed E-state index contributed by atoms with van der Waals surface area (Å²) in [6.45, 7) is 10.4. The van der Waals surface area contributed by atoms with E-state index in [1.165, 1.54) is 134 Å². The molecule has 0 bridgehead atoms. The number of hydrogen-bond acceptors (Lipinski definition) is 8. The number of ether oxygens (including phenoxy) is 4. The van der Waals surface area contributed by atoms with Crippen LogP contribution in [0.3, 0.4) is 0 Å². The normalized spacial score (nSPS) is 12.3. The van der Waals surface area contributed by atoms with Gasteiger partial charge in [0.15, 0.2) is 6.10 Å². The average Bonchev–Trinajstić information content (AvgIpc) is 3.30. The van der Waals surface area contributed by atoms with Crippen LogP contribution in [0, 0.1) is 11.8 Å². The van der Waals surface area contributed by atoms with Crippen molar-refractivity contribution in [1.82, 2.24) is 0 Å². The van der Waals surface area contributed by atoms with Gasteiger partial charge in [-0.3, -0.25) is 19.2 Å². The van der Waals surface area contributed by atoms with Crippen LogP contribution >= 0.6 is 0 Å². The van der Waals surface area contributed by atoms with Crippen LogP contribution in [0.25, 0.3) is 0 Å². The Balaban J connectivity index is 2.37. The molecule has 0 amide bonds. The van der Waals surface area contributed by atoms with Gasteiger partial charge in [-0.15, -0.1) is 0 Å². The molecule has 8 nitrogen and oxygen atoms in total. The molecule has 0 saturated carbocycles. The van der Waals surface area contributed by atoms with Gasteiger partial charge in [0, 0.05) is 19.3 Å². The molecule has 376 valence electrons. The average molecular weight is 913 g/mol. The number of esters is 4. The van der Waals surface area contributed by atoms with Crippen molar-refractivity contribution in [2.75, 3.05) is 13.2 Å². The molecule has 1 aromatic rings. The first-order valence-electron chi connectivity index (χ1n) is 27.5. The Bertz CT molecular complexity index is 1230.